The molecule has 0 radical (unpaired) electrons. The molecule has 8 nitrogen and oxygen atoms in total. The van der Waals surface area contributed by atoms with Gasteiger partial charge in [-0.15, -0.1) is 0 Å². The fourth-order valence-electron chi connectivity index (χ4n) is 5.09. The Bertz CT molecular complexity index is 1180. The summed E-state index contributed by atoms with van der Waals surface area (Å²) < 4.78 is 5.31. The third-order valence-corrected chi connectivity index (χ3v) is 6.80. The van der Waals surface area contributed by atoms with Crippen molar-refractivity contribution in [1.82, 2.24) is 25.9 Å². The number of ether oxygens (including phenoxy) is 1. The second-order valence-corrected chi connectivity index (χ2v) is 9.79. The highest BCUT2D eigenvalue weighted by Gasteiger charge is 2.31. The van der Waals surface area contributed by atoms with Crippen LogP contribution < -0.4 is 16.1 Å². The Morgan fingerprint density at radius 3 is 2.74 bits per heavy atom. The van der Waals surface area contributed by atoms with E-state index in [1.165, 1.54) is 0 Å². The van der Waals surface area contributed by atoms with Crippen molar-refractivity contribution < 1.29 is 9.84 Å². The number of allylic oxidation sites excluding steroid dienone is 3. The van der Waals surface area contributed by atoms with Crippen LogP contribution in [0.15, 0.2) is 55.4 Å². The Morgan fingerprint density at radius 1 is 1.21 bits per heavy atom. The van der Waals surface area contributed by atoms with Gasteiger partial charge in [0, 0.05) is 48.6 Å². The lowest BCUT2D eigenvalue weighted by Gasteiger charge is -2.25. The van der Waals surface area contributed by atoms with Gasteiger partial charge in [-0.05, 0) is 42.4 Å². The van der Waals surface area contributed by atoms with E-state index in [0.29, 0.717) is 19.1 Å². The molecule has 1 unspecified atom stereocenters. The van der Waals surface area contributed by atoms with Crippen LogP contribution in [-0.4, -0.2) is 66.3 Å². The first-order valence-electron chi connectivity index (χ1n) is 13.7. The van der Waals surface area contributed by atoms with Crippen molar-refractivity contribution in [2.24, 2.45) is 5.92 Å². The molecule has 2 aliphatic rings. The summed E-state index contributed by atoms with van der Waals surface area (Å²) in [7, 11) is 0. The highest BCUT2D eigenvalue weighted by Crippen LogP contribution is 2.48. The molecule has 5 N–H and O–H groups in total. The summed E-state index contributed by atoms with van der Waals surface area (Å²) in [5.74, 6) is 1.18. The Kier molecular flexibility index (Phi) is 9.95. The number of rotatable bonds is 16. The zero-order chi connectivity index (χ0) is 26.9. The summed E-state index contributed by atoms with van der Waals surface area (Å²) in [4.78, 5) is 0. The highest BCUT2D eigenvalue weighted by molar-refractivity contribution is 6.06. The number of hydrogen-bond acceptors (Lipinski definition) is 7. The number of benzene rings is 1. The van der Waals surface area contributed by atoms with E-state index in [1.807, 2.05) is 0 Å². The minimum Gasteiger partial charge on any atom is -0.394 e. The minimum absolute atomic E-state index is 0.0640. The van der Waals surface area contributed by atoms with Gasteiger partial charge in [0.05, 0.1) is 25.5 Å². The first-order valence-corrected chi connectivity index (χ1v) is 13.7. The lowest BCUT2D eigenvalue weighted by atomic mass is 9.92. The minimum atomic E-state index is 0.0640. The van der Waals surface area contributed by atoms with Gasteiger partial charge < -0.3 is 25.9 Å². The van der Waals surface area contributed by atoms with Gasteiger partial charge in [-0.25, -0.2) is 5.01 Å². The van der Waals surface area contributed by atoms with Crippen LogP contribution in [0.3, 0.4) is 0 Å². The number of nitrogens with one attached hydrogen (secondary N) is 4. The van der Waals surface area contributed by atoms with Crippen LogP contribution >= 0.6 is 0 Å². The predicted molar refractivity (Wildman–Crippen MR) is 156 cm³/mol. The summed E-state index contributed by atoms with van der Waals surface area (Å²) in [6, 6.07) is 6.25. The zero-order valence-electron chi connectivity index (χ0n) is 22.8. The average Bonchev–Trinajstić information content (AvgIpc) is 3.47. The topological polar surface area (TPSA) is 97.5 Å². The van der Waals surface area contributed by atoms with Gasteiger partial charge in [-0.2, -0.15) is 5.10 Å². The van der Waals surface area contributed by atoms with E-state index in [0.717, 1.165) is 96.2 Å². The number of aromatic amines is 1. The molecule has 1 heterocycles. The number of H-pyrrole nitrogens is 1. The van der Waals surface area contributed by atoms with Crippen molar-refractivity contribution in [2.75, 3.05) is 51.3 Å². The van der Waals surface area contributed by atoms with Gasteiger partial charge in [0.15, 0.2) is 0 Å². The van der Waals surface area contributed by atoms with Crippen LogP contribution in [0.2, 0.25) is 0 Å². The smallest absolute Gasteiger partial charge is 0.110 e. The fraction of sp³-hybridized carbons (Fsp3) is 0.433. The van der Waals surface area contributed by atoms with Crippen LogP contribution in [0.5, 0.6) is 0 Å². The first kappa shape index (κ1) is 27.9. The molecular formula is C30H42N6O2. The molecule has 0 amide bonds. The second kappa shape index (κ2) is 13.6. The van der Waals surface area contributed by atoms with E-state index in [-0.39, 0.29) is 6.61 Å². The Hall–Kier alpha value is -3.17. The zero-order valence-corrected chi connectivity index (χ0v) is 22.8. The number of aliphatic hydroxyl groups is 1. The van der Waals surface area contributed by atoms with Gasteiger partial charge in [-0.1, -0.05) is 57.4 Å². The number of nitrogens with zero attached hydrogens (tertiary/aromatic N) is 2. The molecule has 0 saturated carbocycles. The van der Waals surface area contributed by atoms with Crippen LogP contribution in [0.25, 0.3) is 22.4 Å². The van der Waals surface area contributed by atoms with Crippen LogP contribution in [-0.2, 0) is 4.74 Å². The van der Waals surface area contributed by atoms with E-state index >= 15 is 0 Å². The van der Waals surface area contributed by atoms with Gasteiger partial charge >= 0.3 is 0 Å². The Morgan fingerprint density at radius 2 is 2.03 bits per heavy atom. The van der Waals surface area contributed by atoms with Crippen molar-refractivity contribution in [2.45, 2.75) is 33.1 Å². The number of anilines is 1. The Balaban J connectivity index is 1.42. The molecule has 0 bridgehead atoms. The van der Waals surface area contributed by atoms with Gasteiger partial charge in [-0.3, -0.25) is 5.10 Å². The normalized spacial score (nSPS) is 15.9. The summed E-state index contributed by atoms with van der Waals surface area (Å²) in [5, 5.41) is 25.9. The van der Waals surface area contributed by atoms with Crippen LogP contribution in [0.4, 0.5) is 5.69 Å². The lowest BCUT2D eigenvalue weighted by Crippen LogP contribution is -2.40. The maximum Gasteiger partial charge on any atom is 0.110 e. The molecule has 2 aliphatic carbocycles. The molecule has 38 heavy (non-hydrogen) atoms. The molecule has 0 fully saturated rings. The largest absolute Gasteiger partial charge is 0.394 e. The number of aliphatic hydroxyl groups excluding tert-OH is 1. The molecular weight excluding hydrogens is 476 g/mol. The lowest BCUT2D eigenvalue weighted by molar-refractivity contribution is 0.0937. The SMILES string of the molecule is C=C(Nc1cccc2c1C(=C)c1c(C3=CCC(CNCCOCCO)C=C3)n[nH]c1-2)NN(CCC)CCC. The van der Waals surface area contributed by atoms with E-state index in [2.05, 4.69) is 89.6 Å². The third-order valence-electron chi connectivity index (χ3n) is 6.80. The van der Waals surface area contributed by atoms with Crippen molar-refractivity contribution >= 4 is 16.8 Å². The van der Waals surface area contributed by atoms with E-state index in [1.54, 1.807) is 0 Å². The molecule has 8 heteroatoms. The molecule has 2 aromatic rings. The molecule has 0 aliphatic heterocycles. The molecule has 1 aromatic carbocycles. The van der Waals surface area contributed by atoms with Crippen molar-refractivity contribution in [3.05, 3.63) is 72.2 Å². The molecule has 0 saturated heterocycles. The molecule has 204 valence electrons. The number of fused-ring (bicyclic) bond motifs is 3. The van der Waals surface area contributed by atoms with Crippen LogP contribution in [0.1, 0.15) is 49.9 Å². The molecule has 1 atom stereocenters. The second-order valence-electron chi connectivity index (χ2n) is 9.79. The predicted octanol–water partition coefficient (Wildman–Crippen LogP) is 4.52. The highest BCUT2D eigenvalue weighted by atomic mass is 16.5. The number of aromatic nitrogens is 2. The van der Waals surface area contributed by atoms with E-state index < -0.39 is 0 Å². The average molecular weight is 519 g/mol. The molecule has 0 spiro atoms. The van der Waals surface area contributed by atoms with Crippen molar-refractivity contribution in [3.8, 4) is 11.3 Å². The van der Waals surface area contributed by atoms with E-state index in [9.17, 15) is 0 Å². The third kappa shape index (κ3) is 6.45. The number of hydrogen-bond donors (Lipinski definition) is 5. The fourth-order valence-corrected chi connectivity index (χ4v) is 5.09. The maximum atomic E-state index is 8.78. The summed E-state index contributed by atoms with van der Waals surface area (Å²) in [6.07, 6.45) is 9.79. The van der Waals surface area contributed by atoms with E-state index in [4.69, 9.17) is 14.9 Å². The quantitative estimate of drug-likeness (QED) is 0.141. The summed E-state index contributed by atoms with van der Waals surface area (Å²) in [6.45, 7) is 17.7. The Labute approximate surface area is 226 Å². The van der Waals surface area contributed by atoms with Gasteiger partial charge in [0.2, 0.25) is 0 Å². The standard InChI is InChI=1S/C30H42N6O2/c1-5-15-36(16-6-2)35-22(4)32-26-9-7-8-25-27(26)21(3)28-29(33-34-30(25)28)24-12-10-23(11-13-24)20-31-14-18-38-19-17-37/h7-10,12-13,23,31-32,35,37H,3-6,11,14-20H2,1-2H3,(H,33,34). The van der Waals surface area contributed by atoms with Crippen LogP contribution in [0, 0.1) is 5.92 Å². The molecule has 4 rings (SSSR count). The van der Waals surface area contributed by atoms with Gasteiger partial charge in [0.25, 0.3) is 0 Å². The molecule has 1 aromatic heterocycles. The van der Waals surface area contributed by atoms with Gasteiger partial charge in [0.1, 0.15) is 11.5 Å². The summed E-state index contributed by atoms with van der Waals surface area (Å²) in [5.41, 5.74) is 11.7. The van der Waals surface area contributed by atoms with Crippen molar-refractivity contribution in [1.29, 1.82) is 0 Å². The van der Waals surface area contributed by atoms with Crippen molar-refractivity contribution in [3.63, 3.8) is 0 Å². The summed E-state index contributed by atoms with van der Waals surface area (Å²) >= 11 is 0. The number of hydrazine groups is 1. The first-order chi connectivity index (χ1) is 18.6. The maximum absolute atomic E-state index is 8.78. The monoisotopic (exact) mass is 518 g/mol.